The van der Waals surface area contributed by atoms with Crippen molar-refractivity contribution in [1.29, 1.82) is 0 Å². The fourth-order valence-electron chi connectivity index (χ4n) is 1.94. The molecule has 0 fully saturated rings. The summed E-state index contributed by atoms with van der Waals surface area (Å²) in [5.74, 6) is 1.03. The molecular formula is C14H22FNS. The lowest BCUT2D eigenvalue weighted by Gasteiger charge is -2.19. The standard InChI is InChI=1S/C14H22FNS/c1-11(7-8-17-3)16-12(2)9-13-5-4-6-14(15)10-13/h4-6,10-12,16H,7-9H2,1-3H3. The van der Waals surface area contributed by atoms with Crippen molar-refractivity contribution in [1.82, 2.24) is 5.32 Å². The first-order chi connectivity index (χ1) is 8.11. The predicted molar refractivity (Wildman–Crippen MR) is 75.2 cm³/mol. The largest absolute Gasteiger partial charge is 0.311 e. The van der Waals surface area contributed by atoms with Crippen LogP contribution in [-0.2, 0) is 6.42 Å². The molecule has 0 saturated carbocycles. The van der Waals surface area contributed by atoms with Crippen LogP contribution in [0, 0.1) is 5.82 Å². The molecule has 0 bridgehead atoms. The Morgan fingerprint density at radius 1 is 1.29 bits per heavy atom. The van der Waals surface area contributed by atoms with Crippen molar-refractivity contribution in [3.05, 3.63) is 35.6 Å². The molecule has 96 valence electrons. The molecule has 0 aliphatic heterocycles. The summed E-state index contributed by atoms with van der Waals surface area (Å²) >= 11 is 1.87. The van der Waals surface area contributed by atoms with Gasteiger partial charge in [-0.1, -0.05) is 12.1 Å². The summed E-state index contributed by atoms with van der Waals surface area (Å²) in [4.78, 5) is 0. The molecule has 0 spiro atoms. The number of hydrogen-bond acceptors (Lipinski definition) is 2. The predicted octanol–water partition coefficient (Wildman–Crippen LogP) is 3.49. The molecule has 1 rings (SSSR count). The van der Waals surface area contributed by atoms with Crippen LogP contribution < -0.4 is 5.32 Å². The fraction of sp³-hybridized carbons (Fsp3) is 0.571. The van der Waals surface area contributed by atoms with Crippen LogP contribution in [0.15, 0.2) is 24.3 Å². The van der Waals surface area contributed by atoms with E-state index >= 15 is 0 Å². The van der Waals surface area contributed by atoms with Crippen LogP contribution in [0.3, 0.4) is 0 Å². The molecule has 0 aliphatic carbocycles. The van der Waals surface area contributed by atoms with E-state index in [-0.39, 0.29) is 5.82 Å². The molecule has 2 unspecified atom stereocenters. The van der Waals surface area contributed by atoms with Gasteiger partial charge in [-0.25, -0.2) is 4.39 Å². The Morgan fingerprint density at radius 3 is 2.71 bits per heavy atom. The van der Waals surface area contributed by atoms with Gasteiger partial charge in [0.05, 0.1) is 0 Å². The minimum Gasteiger partial charge on any atom is -0.311 e. The number of thioether (sulfide) groups is 1. The first-order valence-corrected chi connectivity index (χ1v) is 7.50. The van der Waals surface area contributed by atoms with Crippen LogP contribution in [0.2, 0.25) is 0 Å². The van der Waals surface area contributed by atoms with Gasteiger partial charge in [-0.05, 0) is 56.4 Å². The van der Waals surface area contributed by atoms with Crippen molar-refractivity contribution in [2.24, 2.45) is 0 Å². The Bertz CT molecular complexity index is 330. The first-order valence-electron chi connectivity index (χ1n) is 6.11. The monoisotopic (exact) mass is 255 g/mol. The smallest absolute Gasteiger partial charge is 0.123 e. The van der Waals surface area contributed by atoms with Gasteiger partial charge in [0.1, 0.15) is 5.82 Å². The highest BCUT2D eigenvalue weighted by Crippen LogP contribution is 2.08. The van der Waals surface area contributed by atoms with Gasteiger partial charge in [0.2, 0.25) is 0 Å². The lowest BCUT2D eigenvalue weighted by molar-refractivity contribution is 0.457. The van der Waals surface area contributed by atoms with Crippen molar-refractivity contribution in [2.75, 3.05) is 12.0 Å². The first kappa shape index (κ1) is 14.5. The van der Waals surface area contributed by atoms with Crippen molar-refractivity contribution >= 4 is 11.8 Å². The molecule has 0 amide bonds. The van der Waals surface area contributed by atoms with Crippen molar-refractivity contribution < 1.29 is 4.39 Å². The van der Waals surface area contributed by atoms with Crippen LogP contribution in [0.1, 0.15) is 25.8 Å². The third-order valence-corrected chi connectivity index (χ3v) is 3.40. The lowest BCUT2D eigenvalue weighted by Crippen LogP contribution is -2.36. The lowest BCUT2D eigenvalue weighted by atomic mass is 10.1. The van der Waals surface area contributed by atoms with Crippen LogP contribution >= 0.6 is 11.8 Å². The zero-order valence-corrected chi connectivity index (χ0v) is 11.7. The molecule has 3 heteroatoms. The summed E-state index contributed by atoms with van der Waals surface area (Å²) in [6.07, 6.45) is 4.18. The van der Waals surface area contributed by atoms with Crippen LogP contribution in [0.25, 0.3) is 0 Å². The molecule has 0 aromatic heterocycles. The highest BCUT2D eigenvalue weighted by molar-refractivity contribution is 7.98. The van der Waals surface area contributed by atoms with Crippen LogP contribution in [0.4, 0.5) is 4.39 Å². The number of hydrogen-bond donors (Lipinski definition) is 1. The van der Waals surface area contributed by atoms with E-state index < -0.39 is 0 Å². The third kappa shape index (κ3) is 6.08. The second kappa shape index (κ2) is 7.72. The summed E-state index contributed by atoms with van der Waals surface area (Å²) in [5.41, 5.74) is 1.06. The Morgan fingerprint density at radius 2 is 2.06 bits per heavy atom. The maximum Gasteiger partial charge on any atom is 0.123 e. The van der Waals surface area contributed by atoms with E-state index in [1.807, 2.05) is 17.8 Å². The van der Waals surface area contributed by atoms with Gasteiger partial charge in [0.25, 0.3) is 0 Å². The van der Waals surface area contributed by atoms with E-state index in [0.29, 0.717) is 12.1 Å². The normalized spacial score (nSPS) is 14.6. The van der Waals surface area contributed by atoms with E-state index in [0.717, 1.165) is 12.0 Å². The van der Waals surface area contributed by atoms with Gasteiger partial charge in [-0.2, -0.15) is 11.8 Å². The summed E-state index contributed by atoms with van der Waals surface area (Å²) in [6, 6.07) is 7.76. The second-order valence-corrected chi connectivity index (χ2v) is 5.57. The van der Waals surface area contributed by atoms with Crippen molar-refractivity contribution in [3.63, 3.8) is 0 Å². The Kier molecular flexibility index (Phi) is 6.60. The van der Waals surface area contributed by atoms with Gasteiger partial charge in [0.15, 0.2) is 0 Å². The fourth-order valence-corrected chi connectivity index (χ4v) is 2.53. The topological polar surface area (TPSA) is 12.0 Å². The van der Waals surface area contributed by atoms with Gasteiger partial charge >= 0.3 is 0 Å². The molecular weight excluding hydrogens is 233 g/mol. The van der Waals surface area contributed by atoms with E-state index in [1.54, 1.807) is 12.1 Å². The molecule has 0 radical (unpaired) electrons. The molecule has 0 heterocycles. The Hall–Kier alpha value is -0.540. The average Bonchev–Trinajstić information content (AvgIpc) is 2.26. The number of benzene rings is 1. The molecule has 0 aliphatic rings. The molecule has 2 atom stereocenters. The SMILES string of the molecule is CSCCC(C)NC(C)Cc1cccc(F)c1. The molecule has 17 heavy (non-hydrogen) atoms. The highest BCUT2D eigenvalue weighted by atomic mass is 32.2. The summed E-state index contributed by atoms with van der Waals surface area (Å²) in [6.45, 7) is 4.36. The van der Waals surface area contributed by atoms with Gasteiger partial charge < -0.3 is 5.32 Å². The van der Waals surface area contributed by atoms with E-state index in [9.17, 15) is 4.39 Å². The van der Waals surface area contributed by atoms with Gasteiger partial charge in [-0.3, -0.25) is 0 Å². The molecule has 1 aromatic carbocycles. The highest BCUT2D eigenvalue weighted by Gasteiger charge is 2.08. The maximum absolute atomic E-state index is 13.0. The Labute approximate surface area is 108 Å². The zero-order chi connectivity index (χ0) is 12.7. The summed E-state index contributed by atoms with van der Waals surface area (Å²) in [7, 11) is 0. The third-order valence-electron chi connectivity index (χ3n) is 2.75. The van der Waals surface area contributed by atoms with E-state index in [2.05, 4.69) is 25.4 Å². The van der Waals surface area contributed by atoms with Crippen molar-refractivity contribution in [2.45, 2.75) is 38.8 Å². The van der Waals surface area contributed by atoms with E-state index in [1.165, 1.54) is 18.2 Å². The van der Waals surface area contributed by atoms with Gasteiger partial charge in [-0.15, -0.1) is 0 Å². The van der Waals surface area contributed by atoms with E-state index in [4.69, 9.17) is 0 Å². The quantitative estimate of drug-likeness (QED) is 0.800. The minimum atomic E-state index is -0.148. The van der Waals surface area contributed by atoms with Gasteiger partial charge in [0, 0.05) is 12.1 Å². The number of nitrogens with one attached hydrogen (secondary N) is 1. The van der Waals surface area contributed by atoms with Crippen LogP contribution in [0.5, 0.6) is 0 Å². The molecule has 0 saturated heterocycles. The second-order valence-electron chi connectivity index (χ2n) is 4.58. The average molecular weight is 255 g/mol. The molecule has 1 nitrogen and oxygen atoms in total. The number of halogens is 1. The summed E-state index contributed by atoms with van der Waals surface area (Å²) < 4.78 is 13.0. The zero-order valence-electron chi connectivity index (χ0n) is 10.9. The minimum absolute atomic E-state index is 0.148. The Balaban J connectivity index is 2.36. The molecule has 1 aromatic rings. The maximum atomic E-state index is 13.0. The summed E-state index contributed by atoms with van der Waals surface area (Å²) in [5, 5.41) is 3.55. The van der Waals surface area contributed by atoms with Crippen LogP contribution in [-0.4, -0.2) is 24.1 Å². The van der Waals surface area contributed by atoms with Crippen molar-refractivity contribution in [3.8, 4) is 0 Å². The molecule has 1 N–H and O–H groups in total. The number of rotatable bonds is 7.